The summed E-state index contributed by atoms with van der Waals surface area (Å²) in [5, 5.41) is 10.4. The van der Waals surface area contributed by atoms with E-state index >= 15 is 0 Å². The molecule has 5 rings (SSSR count). The molecule has 0 aromatic carbocycles. The molecule has 5 atom stereocenters. The number of rotatable bonds is 25. The Morgan fingerprint density at radius 2 is 0.676 bits per heavy atom. The first-order valence-corrected chi connectivity index (χ1v) is 13.3. The van der Waals surface area contributed by atoms with Gasteiger partial charge in [-0.2, -0.15) is 0 Å². The van der Waals surface area contributed by atoms with Crippen LogP contribution in [0.1, 0.15) is 0 Å². The van der Waals surface area contributed by atoms with E-state index in [1.165, 1.54) is 0 Å². The van der Waals surface area contributed by atoms with Crippen LogP contribution >= 0.6 is 0 Å². The van der Waals surface area contributed by atoms with Crippen LogP contribution < -0.4 is 0 Å². The highest BCUT2D eigenvalue weighted by Gasteiger charge is 2.39. The molecule has 37 heavy (non-hydrogen) atoms. The Morgan fingerprint density at radius 1 is 0.432 bits per heavy atom. The van der Waals surface area contributed by atoms with Crippen LogP contribution in [0.15, 0.2) is 0 Å². The van der Waals surface area contributed by atoms with Gasteiger partial charge in [0.25, 0.3) is 0 Å². The van der Waals surface area contributed by atoms with Gasteiger partial charge >= 0.3 is 0 Å². The fraction of sp³-hybridized carbons (Fsp3) is 1.00. The van der Waals surface area contributed by atoms with Crippen molar-refractivity contribution in [3.63, 3.8) is 0 Å². The number of aliphatic hydroxyl groups is 1. The molecular weight excluding hydrogens is 492 g/mol. The molecule has 1 N–H and O–H groups in total. The lowest BCUT2D eigenvalue weighted by atomic mass is 9.90. The lowest BCUT2D eigenvalue weighted by Crippen LogP contribution is -2.46. The molecule has 5 aliphatic rings. The molecule has 5 unspecified atom stereocenters. The number of hydrogen-bond donors (Lipinski definition) is 1. The van der Waals surface area contributed by atoms with Crippen molar-refractivity contribution in [3.8, 4) is 0 Å². The third-order valence-corrected chi connectivity index (χ3v) is 6.72. The standard InChI is InChI=1S/C25H42O12/c26-11-24(12-27-1-19-6-33-19,13-28-2-20-7-34-20)14-32-18-25(15-29-3-21-8-35-21,16-30-4-22-9-36-22)17-31-5-23-10-37-23/h19-23,26H,1-18H2. The molecule has 0 aromatic rings. The van der Waals surface area contributed by atoms with Crippen molar-refractivity contribution in [2.45, 2.75) is 30.5 Å². The van der Waals surface area contributed by atoms with E-state index in [4.69, 9.17) is 52.1 Å². The molecule has 5 fully saturated rings. The first-order valence-electron chi connectivity index (χ1n) is 13.3. The van der Waals surface area contributed by atoms with Gasteiger partial charge in [0.05, 0.1) is 130 Å². The van der Waals surface area contributed by atoms with Gasteiger partial charge in [0.15, 0.2) is 0 Å². The smallest absolute Gasteiger partial charge is 0.104 e. The van der Waals surface area contributed by atoms with E-state index in [1.54, 1.807) is 0 Å². The molecule has 0 bridgehead atoms. The van der Waals surface area contributed by atoms with E-state index in [2.05, 4.69) is 0 Å². The second-order valence-electron chi connectivity index (χ2n) is 11.0. The van der Waals surface area contributed by atoms with Crippen LogP contribution in [-0.4, -0.2) is 155 Å². The Labute approximate surface area is 218 Å². The maximum atomic E-state index is 10.4. The summed E-state index contributed by atoms with van der Waals surface area (Å²) < 4.78 is 62.5. The van der Waals surface area contributed by atoms with E-state index in [0.717, 1.165) is 19.8 Å². The average Bonchev–Trinajstić information content (AvgIpc) is 3.69. The van der Waals surface area contributed by atoms with Gasteiger partial charge in [-0.05, 0) is 0 Å². The lowest BCUT2D eigenvalue weighted by Gasteiger charge is -2.36. The van der Waals surface area contributed by atoms with Crippen LogP contribution in [0.25, 0.3) is 0 Å². The van der Waals surface area contributed by atoms with Crippen molar-refractivity contribution < 1.29 is 57.2 Å². The molecule has 12 nitrogen and oxygen atoms in total. The third-order valence-electron chi connectivity index (χ3n) is 6.72. The number of ether oxygens (including phenoxy) is 11. The van der Waals surface area contributed by atoms with E-state index < -0.39 is 10.8 Å². The van der Waals surface area contributed by atoms with Crippen LogP contribution in [0.3, 0.4) is 0 Å². The Balaban J connectivity index is 1.16. The molecule has 5 saturated heterocycles. The second kappa shape index (κ2) is 13.7. The SMILES string of the molecule is OCC(COCC1CO1)(COCC1CO1)COCC(COCC1CO1)(COCC1CO1)COCC1CO1. The minimum atomic E-state index is -0.719. The summed E-state index contributed by atoms with van der Waals surface area (Å²) in [4.78, 5) is 0. The van der Waals surface area contributed by atoms with Gasteiger partial charge in [-0.1, -0.05) is 0 Å². The van der Waals surface area contributed by atoms with E-state index in [-0.39, 0.29) is 43.7 Å². The maximum absolute atomic E-state index is 10.4. The minimum absolute atomic E-state index is 0.138. The van der Waals surface area contributed by atoms with Crippen LogP contribution in [0.2, 0.25) is 0 Å². The molecule has 214 valence electrons. The summed E-state index contributed by atoms with van der Waals surface area (Å²) in [6.07, 6.45) is 0.740. The fourth-order valence-electron chi connectivity index (χ4n) is 3.85. The number of aliphatic hydroxyl groups excluding tert-OH is 1. The maximum Gasteiger partial charge on any atom is 0.104 e. The van der Waals surface area contributed by atoms with Crippen molar-refractivity contribution in [1.82, 2.24) is 0 Å². The zero-order valence-corrected chi connectivity index (χ0v) is 21.6. The van der Waals surface area contributed by atoms with Crippen LogP contribution in [-0.2, 0) is 52.1 Å². The molecule has 5 heterocycles. The summed E-state index contributed by atoms with van der Waals surface area (Å²) in [5.41, 5.74) is -1.27. The van der Waals surface area contributed by atoms with Crippen molar-refractivity contribution in [2.75, 3.05) is 119 Å². The predicted octanol–water partition coefficient (Wildman–Crippen LogP) is -0.955. The highest BCUT2D eigenvalue weighted by Crippen LogP contribution is 2.27. The third kappa shape index (κ3) is 10.9. The zero-order chi connectivity index (χ0) is 25.4. The van der Waals surface area contributed by atoms with Crippen molar-refractivity contribution in [3.05, 3.63) is 0 Å². The number of hydrogen-bond acceptors (Lipinski definition) is 12. The Hall–Kier alpha value is -0.480. The first kappa shape index (κ1) is 28.1. The molecule has 0 amide bonds. The van der Waals surface area contributed by atoms with Gasteiger partial charge < -0.3 is 57.2 Å². The van der Waals surface area contributed by atoms with E-state index in [9.17, 15) is 5.11 Å². The highest BCUT2D eigenvalue weighted by atomic mass is 16.6. The van der Waals surface area contributed by atoms with Gasteiger partial charge in [0.2, 0.25) is 0 Å². The summed E-state index contributed by atoms with van der Waals surface area (Å²) in [6.45, 7) is 8.32. The fourth-order valence-corrected chi connectivity index (χ4v) is 3.85. The van der Waals surface area contributed by atoms with Gasteiger partial charge in [-0.3, -0.25) is 0 Å². The number of epoxide rings is 5. The van der Waals surface area contributed by atoms with Crippen molar-refractivity contribution in [1.29, 1.82) is 0 Å². The predicted molar refractivity (Wildman–Crippen MR) is 126 cm³/mol. The van der Waals surface area contributed by atoms with Crippen molar-refractivity contribution >= 4 is 0 Å². The molecule has 5 aliphatic heterocycles. The average molecular weight is 535 g/mol. The minimum Gasteiger partial charge on any atom is -0.396 e. The van der Waals surface area contributed by atoms with Crippen LogP contribution in [0, 0.1) is 10.8 Å². The monoisotopic (exact) mass is 534 g/mol. The molecule has 0 aromatic heterocycles. The van der Waals surface area contributed by atoms with Gasteiger partial charge in [0, 0.05) is 0 Å². The van der Waals surface area contributed by atoms with Crippen LogP contribution in [0.5, 0.6) is 0 Å². The molecule has 0 spiro atoms. The van der Waals surface area contributed by atoms with Gasteiger partial charge in [0.1, 0.15) is 30.5 Å². The Kier molecular flexibility index (Phi) is 10.4. The quantitative estimate of drug-likeness (QED) is 0.144. The van der Waals surface area contributed by atoms with E-state index in [1.807, 2.05) is 0 Å². The van der Waals surface area contributed by atoms with Crippen LogP contribution in [0.4, 0.5) is 0 Å². The largest absolute Gasteiger partial charge is 0.396 e. The molecule has 0 radical (unpaired) electrons. The van der Waals surface area contributed by atoms with Crippen molar-refractivity contribution in [2.24, 2.45) is 10.8 Å². The first-order chi connectivity index (χ1) is 18.2. The summed E-state index contributed by atoms with van der Waals surface area (Å²) in [7, 11) is 0. The highest BCUT2D eigenvalue weighted by molar-refractivity contribution is 4.85. The normalized spacial score (nSPS) is 32.5. The van der Waals surface area contributed by atoms with Gasteiger partial charge in [-0.25, -0.2) is 0 Å². The molecular formula is C25H42O12. The molecule has 12 heteroatoms. The second-order valence-corrected chi connectivity index (χ2v) is 11.0. The van der Waals surface area contributed by atoms with E-state index in [0.29, 0.717) is 85.9 Å². The molecule has 0 aliphatic carbocycles. The van der Waals surface area contributed by atoms with Gasteiger partial charge in [-0.15, -0.1) is 0 Å². The zero-order valence-electron chi connectivity index (χ0n) is 21.6. The Bertz CT molecular complexity index is 597. The summed E-state index contributed by atoms with van der Waals surface area (Å²) in [6, 6.07) is 0. The lowest BCUT2D eigenvalue weighted by molar-refractivity contribution is -0.139. The topological polar surface area (TPSA) is 138 Å². The Morgan fingerprint density at radius 3 is 0.946 bits per heavy atom. The molecule has 0 saturated carbocycles. The summed E-state index contributed by atoms with van der Waals surface area (Å²) >= 11 is 0. The summed E-state index contributed by atoms with van der Waals surface area (Å²) in [5.74, 6) is 0.